The molecule has 1 amide bonds. The average Bonchev–Trinajstić information content (AvgIpc) is 3.37. The van der Waals surface area contributed by atoms with Crippen molar-refractivity contribution < 1.29 is 18.7 Å². The number of methoxy groups -OCH3 is 1. The van der Waals surface area contributed by atoms with Gasteiger partial charge in [-0.1, -0.05) is 30.3 Å². The molecule has 2 N–H and O–H groups in total. The average molecular weight is 518 g/mol. The van der Waals surface area contributed by atoms with Crippen molar-refractivity contribution in [3.8, 4) is 5.75 Å². The number of ether oxygens (including phenoxy) is 2. The van der Waals surface area contributed by atoms with Gasteiger partial charge in [-0.2, -0.15) is 0 Å². The molecule has 5 rings (SSSR count). The third kappa shape index (κ3) is 5.94. The fraction of sp³-hybridized carbons (Fsp3) is 0.345. The van der Waals surface area contributed by atoms with Crippen molar-refractivity contribution in [2.45, 2.75) is 57.4 Å². The van der Waals surface area contributed by atoms with Crippen LogP contribution in [-0.2, 0) is 11.3 Å². The molecule has 2 aromatic heterocycles. The van der Waals surface area contributed by atoms with Crippen LogP contribution in [0, 0.1) is 5.82 Å². The molecule has 1 atom stereocenters. The Kier molecular flexibility index (Phi) is 7.83. The molecule has 9 heteroatoms. The highest BCUT2D eigenvalue weighted by Crippen LogP contribution is 2.30. The number of halogens is 1. The Morgan fingerprint density at radius 2 is 1.89 bits per heavy atom. The Balaban J connectivity index is 1.30. The van der Waals surface area contributed by atoms with Crippen LogP contribution < -0.4 is 15.4 Å². The third-order valence-electron chi connectivity index (χ3n) is 6.99. The maximum absolute atomic E-state index is 14.2. The highest BCUT2D eigenvalue weighted by molar-refractivity contribution is 5.87. The Morgan fingerprint density at radius 1 is 1.11 bits per heavy atom. The Morgan fingerprint density at radius 3 is 2.66 bits per heavy atom. The van der Waals surface area contributed by atoms with E-state index in [4.69, 9.17) is 9.47 Å². The fourth-order valence-electron chi connectivity index (χ4n) is 4.83. The van der Waals surface area contributed by atoms with Crippen LogP contribution in [-0.4, -0.2) is 39.8 Å². The molecule has 1 fully saturated rings. The van der Waals surface area contributed by atoms with Crippen LogP contribution in [0.25, 0.3) is 11.2 Å². The van der Waals surface area contributed by atoms with Crippen LogP contribution in [0.4, 0.5) is 15.0 Å². The standard InChI is InChI=1S/C29H32FN5O3/c1-19(24-16-21(30)8-14-26(24)38-17-20-6-4-3-5-7-20)32-27-15-13-25-28(34-27)35(18-31-25)29(36)33-22-9-11-23(37-2)12-10-22/h3-8,13-16,18-19,22-23H,9-12,17H2,1-2H3,(H,32,34)(H,33,36). The Bertz CT molecular complexity index is 1390. The van der Waals surface area contributed by atoms with Gasteiger partial charge in [-0.05, 0) is 68.5 Å². The second kappa shape index (κ2) is 11.6. The number of fused-ring (bicyclic) bond motifs is 1. The molecule has 8 nitrogen and oxygen atoms in total. The normalized spacial score (nSPS) is 18.2. The van der Waals surface area contributed by atoms with E-state index < -0.39 is 0 Å². The summed E-state index contributed by atoms with van der Waals surface area (Å²) in [5.74, 6) is 0.778. The van der Waals surface area contributed by atoms with E-state index in [0.717, 1.165) is 31.2 Å². The molecule has 0 aliphatic heterocycles. The molecule has 2 aromatic carbocycles. The second-order valence-electron chi connectivity index (χ2n) is 9.64. The summed E-state index contributed by atoms with van der Waals surface area (Å²) in [7, 11) is 1.73. The maximum Gasteiger partial charge on any atom is 0.328 e. The Labute approximate surface area is 221 Å². The summed E-state index contributed by atoms with van der Waals surface area (Å²) in [5, 5.41) is 6.42. The first kappa shape index (κ1) is 25.7. The SMILES string of the molecule is COC1CCC(NC(=O)n2cnc3ccc(NC(C)c4cc(F)ccc4OCc4ccccc4)nc32)CC1. The van der Waals surface area contributed by atoms with Gasteiger partial charge in [0.2, 0.25) is 0 Å². The molecule has 1 aliphatic carbocycles. The molecule has 38 heavy (non-hydrogen) atoms. The summed E-state index contributed by atoms with van der Waals surface area (Å²) < 4.78 is 27.1. The predicted molar refractivity (Wildman–Crippen MR) is 144 cm³/mol. The van der Waals surface area contributed by atoms with Crippen molar-refractivity contribution in [2.24, 2.45) is 0 Å². The highest BCUT2D eigenvalue weighted by atomic mass is 19.1. The molecule has 198 valence electrons. The zero-order valence-electron chi connectivity index (χ0n) is 21.6. The highest BCUT2D eigenvalue weighted by Gasteiger charge is 2.23. The minimum absolute atomic E-state index is 0.0926. The number of hydrogen-bond acceptors (Lipinski definition) is 6. The van der Waals surface area contributed by atoms with Crippen molar-refractivity contribution in [3.05, 3.63) is 83.9 Å². The van der Waals surface area contributed by atoms with Crippen LogP contribution in [0.5, 0.6) is 5.75 Å². The van der Waals surface area contributed by atoms with Crippen molar-refractivity contribution in [3.63, 3.8) is 0 Å². The molecule has 0 spiro atoms. The van der Waals surface area contributed by atoms with E-state index in [-0.39, 0.29) is 30.0 Å². The van der Waals surface area contributed by atoms with E-state index in [1.807, 2.05) is 43.3 Å². The first-order valence-corrected chi connectivity index (χ1v) is 12.9. The lowest BCUT2D eigenvalue weighted by Crippen LogP contribution is -2.40. The number of imidazole rings is 1. The van der Waals surface area contributed by atoms with Crippen molar-refractivity contribution in [2.75, 3.05) is 12.4 Å². The molecule has 0 saturated heterocycles. The van der Waals surface area contributed by atoms with Gasteiger partial charge in [-0.15, -0.1) is 0 Å². The van der Waals surface area contributed by atoms with Crippen LogP contribution in [0.15, 0.2) is 67.0 Å². The van der Waals surface area contributed by atoms with E-state index in [2.05, 4.69) is 20.6 Å². The number of amides is 1. The van der Waals surface area contributed by atoms with E-state index in [1.54, 1.807) is 19.2 Å². The molecule has 1 saturated carbocycles. The van der Waals surface area contributed by atoms with Gasteiger partial charge >= 0.3 is 6.03 Å². The number of aromatic nitrogens is 3. The lowest BCUT2D eigenvalue weighted by atomic mass is 9.93. The largest absolute Gasteiger partial charge is 0.489 e. The van der Waals surface area contributed by atoms with Gasteiger partial charge in [-0.25, -0.2) is 23.7 Å². The Hall–Kier alpha value is -3.98. The predicted octanol–water partition coefficient (Wildman–Crippen LogP) is 5.84. The van der Waals surface area contributed by atoms with Gasteiger partial charge < -0.3 is 20.1 Å². The zero-order valence-corrected chi connectivity index (χ0v) is 21.6. The third-order valence-corrected chi connectivity index (χ3v) is 6.99. The van der Waals surface area contributed by atoms with Crippen LogP contribution in [0.3, 0.4) is 0 Å². The first-order valence-electron chi connectivity index (χ1n) is 12.9. The van der Waals surface area contributed by atoms with Gasteiger partial charge in [0.25, 0.3) is 0 Å². The van der Waals surface area contributed by atoms with E-state index in [9.17, 15) is 9.18 Å². The van der Waals surface area contributed by atoms with Gasteiger partial charge in [-0.3, -0.25) is 0 Å². The number of anilines is 1. The molecular weight excluding hydrogens is 485 g/mol. The number of carbonyl (C=O) groups is 1. The monoisotopic (exact) mass is 517 g/mol. The summed E-state index contributed by atoms with van der Waals surface area (Å²) in [6.07, 6.45) is 5.34. The molecule has 1 unspecified atom stereocenters. The van der Waals surface area contributed by atoms with E-state index in [1.165, 1.54) is 23.0 Å². The minimum Gasteiger partial charge on any atom is -0.489 e. The molecular formula is C29H32FN5O3. The summed E-state index contributed by atoms with van der Waals surface area (Å²) in [4.78, 5) is 22.0. The quantitative estimate of drug-likeness (QED) is 0.305. The van der Waals surface area contributed by atoms with Gasteiger partial charge in [0.05, 0.1) is 12.1 Å². The number of nitrogens with zero attached hydrogens (tertiary/aromatic N) is 3. The number of pyridine rings is 1. The maximum atomic E-state index is 14.2. The molecule has 1 aliphatic rings. The van der Waals surface area contributed by atoms with Crippen molar-refractivity contribution in [1.82, 2.24) is 19.9 Å². The summed E-state index contributed by atoms with van der Waals surface area (Å²) in [5.41, 5.74) is 2.75. The number of nitrogens with one attached hydrogen (secondary N) is 2. The first-order chi connectivity index (χ1) is 18.5. The summed E-state index contributed by atoms with van der Waals surface area (Å²) in [6.45, 7) is 2.29. The van der Waals surface area contributed by atoms with E-state index in [0.29, 0.717) is 34.9 Å². The van der Waals surface area contributed by atoms with Gasteiger partial charge in [0.1, 0.15) is 35.8 Å². The molecule has 2 heterocycles. The number of hydrogen-bond donors (Lipinski definition) is 2. The van der Waals surface area contributed by atoms with Crippen LogP contribution in [0.2, 0.25) is 0 Å². The van der Waals surface area contributed by atoms with Crippen molar-refractivity contribution in [1.29, 1.82) is 0 Å². The lowest BCUT2D eigenvalue weighted by molar-refractivity contribution is 0.0636. The minimum atomic E-state index is -0.349. The summed E-state index contributed by atoms with van der Waals surface area (Å²) in [6, 6.07) is 17.4. The van der Waals surface area contributed by atoms with Crippen LogP contribution >= 0.6 is 0 Å². The van der Waals surface area contributed by atoms with E-state index >= 15 is 0 Å². The van der Waals surface area contributed by atoms with Gasteiger partial charge in [0.15, 0.2) is 5.65 Å². The number of carbonyl (C=O) groups excluding carboxylic acids is 1. The van der Waals surface area contributed by atoms with Crippen LogP contribution in [0.1, 0.15) is 49.8 Å². The number of benzene rings is 2. The molecule has 4 aromatic rings. The van der Waals surface area contributed by atoms with Gasteiger partial charge in [0, 0.05) is 18.7 Å². The topological polar surface area (TPSA) is 90.3 Å². The van der Waals surface area contributed by atoms with Crippen molar-refractivity contribution >= 4 is 23.0 Å². The molecule has 0 radical (unpaired) electrons. The zero-order chi connectivity index (χ0) is 26.5. The lowest BCUT2D eigenvalue weighted by Gasteiger charge is -2.28. The smallest absolute Gasteiger partial charge is 0.328 e. The second-order valence-corrected chi connectivity index (χ2v) is 9.64. The molecule has 0 bridgehead atoms. The number of rotatable bonds is 8. The fourth-order valence-corrected chi connectivity index (χ4v) is 4.83. The summed E-state index contributed by atoms with van der Waals surface area (Å²) >= 11 is 0.